The third kappa shape index (κ3) is 3.50. The van der Waals surface area contributed by atoms with Gasteiger partial charge in [-0.2, -0.15) is 0 Å². The van der Waals surface area contributed by atoms with Gasteiger partial charge in [0.25, 0.3) is 0 Å². The number of amides is 2. The van der Waals surface area contributed by atoms with Crippen molar-refractivity contribution in [3.63, 3.8) is 0 Å². The lowest BCUT2D eigenvalue weighted by molar-refractivity contribution is -0.132. The van der Waals surface area contributed by atoms with Gasteiger partial charge in [0.2, 0.25) is 11.8 Å². The maximum atomic E-state index is 11.7. The monoisotopic (exact) mass is 264 g/mol. The first kappa shape index (κ1) is 13.0. The van der Waals surface area contributed by atoms with Gasteiger partial charge in [-0.05, 0) is 12.5 Å². The third-order valence-electron chi connectivity index (χ3n) is 2.77. The summed E-state index contributed by atoms with van der Waals surface area (Å²) < 4.78 is 0. The van der Waals surface area contributed by atoms with E-state index in [4.69, 9.17) is 0 Å². The molecule has 0 spiro atoms. The van der Waals surface area contributed by atoms with Gasteiger partial charge in [0.15, 0.2) is 0 Å². The van der Waals surface area contributed by atoms with Crippen LogP contribution in [-0.4, -0.2) is 34.9 Å². The second-order valence-corrected chi connectivity index (χ2v) is 5.29. The molecule has 2 rings (SSSR count). The fraction of sp³-hybridized carbons (Fsp3) is 0.385. The minimum Gasteiger partial charge on any atom is -0.350 e. The predicted octanol–water partition coefficient (Wildman–Crippen LogP) is 1.14. The summed E-state index contributed by atoms with van der Waals surface area (Å²) in [7, 11) is 0. The fourth-order valence-electron chi connectivity index (χ4n) is 1.68. The van der Waals surface area contributed by atoms with Crippen LogP contribution in [0.2, 0.25) is 0 Å². The fourth-order valence-corrected chi connectivity index (χ4v) is 2.58. The van der Waals surface area contributed by atoms with E-state index in [1.165, 1.54) is 5.56 Å². The van der Waals surface area contributed by atoms with E-state index in [1.807, 2.05) is 31.2 Å². The van der Waals surface area contributed by atoms with Crippen LogP contribution in [0.15, 0.2) is 24.3 Å². The summed E-state index contributed by atoms with van der Waals surface area (Å²) in [5, 5.41) is 2.82. The van der Waals surface area contributed by atoms with Crippen LogP contribution in [-0.2, 0) is 16.1 Å². The van der Waals surface area contributed by atoms with Crippen LogP contribution in [0, 0.1) is 6.92 Å². The molecule has 2 amide bonds. The zero-order chi connectivity index (χ0) is 13.0. The second kappa shape index (κ2) is 5.91. The van der Waals surface area contributed by atoms with E-state index in [0.29, 0.717) is 18.2 Å². The molecule has 1 heterocycles. The third-order valence-corrected chi connectivity index (χ3v) is 3.72. The highest BCUT2D eigenvalue weighted by atomic mass is 32.2. The summed E-state index contributed by atoms with van der Waals surface area (Å²) in [5.41, 5.74) is 2.26. The van der Waals surface area contributed by atoms with Crippen molar-refractivity contribution in [3.8, 4) is 0 Å². The van der Waals surface area contributed by atoms with Crippen molar-refractivity contribution in [2.24, 2.45) is 0 Å². The van der Waals surface area contributed by atoms with Crippen molar-refractivity contribution >= 4 is 23.6 Å². The summed E-state index contributed by atoms with van der Waals surface area (Å²) in [4.78, 5) is 24.6. The van der Waals surface area contributed by atoms with Gasteiger partial charge in [-0.25, -0.2) is 0 Å². The van der Waals surface area contributed by atoms with Crippen LogP contribution in [0.5, 0.6) is 0 Å². The van der Waals surface area contributed by atoms with E-state index >= 15 is 0 Å². The minimum atomic E-state index is -0.105. The van der Waals surface area contributed by atoms with Crippen LogP contribution in [0.4, 0.5) is 0 Å². The highest BCUT2D eigenvalue weighted by molar-refractivity contribution is 8.00. The Hall–Kier alpha value is -1.49. The summed E-state index contributed by atoms with van der Waals surface area (Å²) in [6, 6.07) is 8.02. The van der Waals surface area contributed by atoms with Gasteiger partial charge in [-0.15, -0.1) is 11.8 Å². The lowest BCUT2D eigenvalue weighted by atomic mass is 10.1. The molecule has 0 aromatic heterocycles. The zero-order valence-electron chi connectivity index (χ0n) is 10.3. The molecule has 1 N–H and O–H groups in total. The van der Waals surface area contributed by atoms with Crippen LogP contribution < -0.4 is 5.32 Å². The molecule has 0 radical (unpaired) electrons. The molecule has 18 heavy (non-hydrogen) atoms. The second-order valence-electron chi connectivity index (χ2n) is 4.33. The van der Waals surface area contributed by atoms with Crippen molar-refractivity contribution in [3.05, 3.63) is 35.4 Å². The number of aryl methyl sites for hydroxylation is 1. The summed E-state index contributed by atoms with van der Waals surface area (Å²) in [5.74, 6) is 1.05. The Morgan fingerprint density at radius 1 is 1.39 bits per heavy atom. The average Bonchev–Trinajstić information content (AvgIpc) is 2.74. The summed E-state index contributed by atoms with van der Waals surface area (Å²) in [6.07, 6.45) is 0. The van der Waals surface area contributed by atoms with Crippen LogP contribution in [0.1, 0.15) is 11.1 Å². The summed E-state index contributed by atoms with van der Waals surface area (Å²) >= 11 is 1.54. The van der Waals surface area contributed by atoms with Crippen molar-refractivity contribution < 1.29 is 9.59 Å². The van der Waals surface area contributed by atoms with Gasteiger partial charge < -0.3 is 10.2 Å². The molecule has 1 saturated heterocycles. The first-order valence-corrected chi connectivity index (χ1v) is 6.98. The molecule has 1 aromatic rings. The van der Waals surface area contributed by atoms with E-state index in [1.54, 1.807) is 16.7 Å². The zero-order valence-corrected chi connectivity index (χ0v) is 11.1. The summed E-state index contributed by atoms with van der Waals surface area (Å²) in [6.45, 7) is 2.70. The highest BCUT2D eigenvalue weighted by Gasteiger charge is 2.22. The molecule has 4 nitrogen and oxygen atoms in total. The van der Waals surface area contributed by atoms with Gasteiger partial charge in [0, 0.05) is 6.54 Å². The van der Waals surface area contributed by atoms with Gasteiger partial charge in [0.05, 0.1) is 11.6 Å². The number of thioether (sulfide) groups is 1. The van der Waals surface area contributed by atoms with Gasteiger partial charge in [0.1, 0.15) is 6.54 Å². The lowest BCUT2D eigenvalue weighted by Crippen LogP contribution is -2.37. The smallest absolute Gasteiger partial charge is 0.239 e. The number of nitrogens with one attached hydrogen (secondary N) is 1. The molecule has 1 aliphatic rings. The number of hydrogen-bond acceptors (Lipinski definition) is 3. The van der Waals surface area contributed by atoms with Crippen molar-refractivity contribution in [1.29, 1.82) is 0 Å². The Labute approximate surface area is 111 Å². The van der Waals surface area contributed by atoms with E-state index < -0.39 is 0 Å². The molecule has 0 bridgehead atoms. The molecular weight excluding hydrogens is 248 g/mol. The SMILES string of the molecule is Cc1ccc(CNC(=O)CN2CSCC2=O)cc1. The average molecular weight is 264 g/mol. The molecule has 1 aromatic carbocycles. The Morgan fingerprint density at radius 2 is 2.11 bits per heavy atom. The van der Waals surface area contributed by atoms with Crippen molar-refractivity contribution in [2.75, 3.05) is 18.2 Å². The number of nitrogens with zero attached hydrogens (tertiary/aromatic N) is 1. The predicted molar refractivity (Wildman–Crippen MR) is 72.1 cm³/mol. The maximum absolute atomic E-state index is 11.7. The molecule has 5 heteroatoms. The number of hydrogen-bond donors (Lipinski definition) is 1. The Balaban J connectivity index is 1.78. The number of carbonyl (C=O) groups is 2. The molecule has 0 saturated carbocycles. The van der Waals surface area contributed by atoms with Crippen molar-refractivity contribution in [1.82, 2.24) is 10.2 Å². The van der Waals surface area contributed by atoms with E-state index in [0.717, 1.165) is 5.56 Å². The molecular formula is C13H16N2O2S. The van der Waals surface area contributed by atoms with E-state index in [2.05, 4.69) is 5.32 Å². The largest absolute Gasteiger partial charge is 0.350 e. The first-order chi connectivity index (χ1) is 8.65. The van der Waals surface area contributed by atoms with Crippen LogP contribution in [0.25, 0.3) is 0 Å². The lowest BCUT2D eigenvalue weighted by Gasteiger charge is -2.14. The highest BCUT2D eigenvalue weighted by Crippen LogP contribution is 2.13. The van der Waals surface area contributed by atoms with E-state index in [-0.39, 0.29) is 18.4 Å². The van der Waals surface area contributed by atoms with Gasteiger partial charge in [-0.1, -0.05) is 29.8 Å². The molecule has 96 valence electrons. The molecule has 1 aliphatic heterocycles. The van der Waals surface area contributed by atoms with E-state index in [9.17, 15) is 9.59 Å². The molecule has 1 fully saturated rings. The number of rotatable bonds is 4. The van der Waals surface area contributed by atoms with Crippen LogP contribution >= 0.6 is 11.8 Å². The topological polar surface area (TPSA) is 49.4 Å². The molecule has 0 aliphatic carbocycles. The molecule has 0 unspecified atom stereocenters. The number of carbonyl (C=O) groups excluding carboxylic acids is 2. The number of benzene rings is 1. The maximum Gasteiger partial charge on any atom is 0.239 e. The Bertz CT molecular complexity index is 445. The first-order valence-electron chi connectivity index (χ1n) is 5.83. The van der Waals surface area contributed by atoms with Crippen molar-refractivity contribution in [2.45, 2.75) is 13.5 Å². The standard InChI is InChI=1S/C13H16N2O2S/c1-10-2-4-11(5-3-10)6-14-12(16)7-15-9-18-8-13(15)17/h2-5H,6-9H2,1H3,(H,14,16). The Kier molecular flexibility index (Phi) is 4.25. The van der Waals surface area contributed by atoms with Gasteiger partial charge in [-0.3, -0.25) is 9.59 Å². The Morgan fingerprint density at radius 3 is 2.72 bits per heavy atom. The molecule has 0 atom stereocenters. The van der Waals surface area contributed by atoms with Crippen LogP contribution in [0.3, 0.4) is 0 Å². The van der Waals surface area contributed by atoms with Gasteiger partial charge >= 0.3 is 0 Å². The normalized spacial score (nSPS) is 14.9. The minimum absolute atomic E-state index is 0.0467. The quantitative estimate of drug-likeness (QED) is 0.887.